The summed E-state index contributed by atoms with van der Waals surface area (Å²) >= 11 is 5.69. The Hall–Kier alpha value is -2.72. The van der Waals surface area contributed by atoms with Crippen LogP contribution in [0.4, 0.5) is 0 Å². The molecular formula is C28H27BrIN3O3. The Labute approximate surface area is 232 Å². The highest BCUT2D eigenvalue weighted by Gasteiger charge is 2.23. The van der Waals surface area contributed by atoms with Gasteiger partial charge in [0.25, 0.3) is 5.56 Å². The van der Waals surface area contributed by atoms with Gasteiger partial charge in [-0.2, -0.15) is 9.78 Å². The Morgan fingerprint density at radius 2 is 1.83 bits per heavy atom. The minimum atomic E-state index is -0.391. The molecule has 0 unspecified atom stereocenters. The lowest BCUT2D eigenvalue weighted by atomic mass is 9.95. The molecule has 3 aromatic carbocycles. The second-order valence-electron chi connectivity index (χ2n) is 9.25. The first kappa shape index (κ1) is 26.3. The van der Waals surface area contributed by atoms with Crippen molar-refractivity contribution < 1.29 is 9.47 Å². The van der Waals surface area contributed by atoms with Crippen molar-refractivity contribution in [1.82, 2.24) is 9.66 Å². The molecule has 0 aliphatic heterocycles. The van der Waals surface area contributed by atoms with Crippen LogP contribution in [-0.4, -0.2) is 22.5 Å². The fourth-order valence-electron chi connectivity index (χ4n) is 3.66. The first-order chi connectivity index (χ1) is 17.2. The van der Waals surface area contributed by atoms with Gasteiger partial charge in [0, 0.05) is 9.89 Å². The molecule has 8 heteroatoms. The molecule has 0 atom stereocenters. The fourth-order valence-corrected chi connectivity index (χ4v) is 4.80. The number of aromatic nitrogens is 2. The van der Waals surface area contributed by atoms with Gasteiger partial charge in [0.15, 0.2) is 11.5 Å². The predicted octanol–water partition coefficient (Wildman–Crippen LogP) is 6.92. The predicted molar refractivity (Wildman–Crippen MR) is 156 cm³/mol. The quantitative estimate of drug-likeness (QED) is 0.160. The molecule has 6 nitrogen and oxygen atoms in total. The Morgan fingerprint density at radius 3 is 2.53 bits per heavy atom. The van der Waals surface area contributed by atoms with Gasteiger partial charge in [-0.1, -0.05) is 67.0 Å². The van der Waals surface area contributed by atoms with Gasteiger partial charge >= 0.3 is 0 Å². The van der Waals surface area contributed by atoms with Gasteiger partial charge in [-0.15, -0.1) is 0 Å². The number of rotatable bonds is 7. The molecule has 0 amide bonds. The number of benzene rings is 3. The average molecular weight is 660 g/mol. The lowest BCUT2D eigenvalue weighted by Crippen LogP contribution is -2.29. The Bertz CT molecular complexity index is 1480. The number of ether oxygens (including phenoxy) is 2. The number of hydrogen-bond donors (Lipinski definition) is 0. The van der Waals surface area contributed by atoms with Gasteiger partial charge in [-0.25, -0.2) is 4.98 Å². The summed E-state index contributed by atoms with van der Waals surface area (Å²) < 4.78 is 15.1. The molecule has 0 fully saturated rings. The van der Waals surface area contributed by atoms with Crippen molar-refractivity contribution in [2.75, 3.05) is 6.61 Å². The molecule has 0 radical (unpaired) electrons. The zero-order valence-electron chi connectivity index (χ0n) is 20.6. The molecule has 0 aliphatic carbocycles. The molecule has 0 N–H and O–H groups in total. The second-order valence-corrected chi connectivity index (χ2v) is 11.3. The molecule has 4 rings (SSSR count). The van der Waals surface area contributed by atoms with E-state index < -0.39 is 5.41 Å². The number of fused-ring (bicyclic) bond motifs is 1. The lowest BCUT2D eigenvalue weighted by molar-refractivity contribution is 0.267. The first-order valence-electron chi connectivity index (χ1n) is 11.6. The van der Waals surface area contributed by atoms with Crippen molar-refractivity contribution in [3.8, 4) is 11.5 Å². The molecule has 0 aliphatic rings. The molecule has 0 spiro atoms. The van der Waals surface area contributed by atoms with Gasteiger partial charge in [-0.3, -0.25) is 4.79 Å². The van der Waals surface area contributed by atoms with E-state index in [-0.39, 0.29) is 5.56 Å². The summed E-state index contributed by atoms with van der Waals surface area (Å²) in [6.07, 6.45) is 1.66. The zero-order valence-corrected chi connectivity index (χ0v) is 24.3. The van der Waals surface area contributed by atoms with Gasteiger partial charge < -0.3 is 9.47 Å². The fraction of sp³-hybridized carbons (Fsp3) is 0.250. The Kier molecular flexibility index (Phi) is 8.14. The van der Waals surface area contributed by atoms with E-state index in [1.165, 1.54) is 4.68 Å². The third-order valence-electron chi connectivity index (χ3n) is 5.36. The maximum absolute atomic E-state index is 13.4. The smallest absolute Gasteiger partial charge is 0.282 e. The normalized spacial score (nSPS) is 11.8. The maximum atomic E-state index is 13.4. The highest BCUT2D eigenvalue weighted by molar-refractivity contribution is 14.1. The van der Waals surface area contributed by atoms with Crippen LogP contribution in [0.25, 0.3) is 10.9 Å². The first-order valence-corrected chi connectivity index (χ1v) is 13.4. The summed E-state index contributed by atoms with van der Waals surface area (Å²) in [5.41, 5.74) is 1.90. The van der Waals surface area contributed by atoms with Crippen LogP contribution in [0.5, 0.6) is 11.5 Å². The monoisotopic (exact) mass is 659 g/mol. The summed E-state index contributed by atoms with van der Waals surface area (Å²) in [5.74, 6) is 1.90. The molecule has 1 heterocycles. The van der Waals surface area contributed by atoms with E-state index in [9.17, 15) is 4.79 Å². The van der Waals surface area contributed by atoms with E-state index in [0.717, 1.165) is 19.2 Å². The van der Waals surface area contributed by atoms with Gasteiger partial charge in [0.05, 0.1) is 27.3 Å². The minimum absolute atomic E-state index is 0.218. The number of hydrogen-bond acceptors (Lipinski definition) is 5. The van der Waals surface area contributed by atoms with Gasteiger partial charge in [0.1, 0.15) is 12.4 Å². The second kappa shape index (κ2) is 11.1. The third kappa shape index (κ3) is 5.98. The molecular weight excluding hydrogens is 633 g/mol. The van der Waals surface area contributed by atoms with Gasteiger partial charge in [0.2, 0.25) is 0 Å². The molecule has 0 saturated carbocycles. The standard InChI is InChI=1S/C28H27BrIN3O3/c1-5-35-24-14-19(13-22(30)25(24)36-17-18-9-7-6-8-10-18)16-31-33-26(34)21-15-20(29)11-12-23(21)32-27(33)28(2,3)4/h6-16H,5,17H2,1-4H3. The SMILES string of the molecule is CCOc1cc(C=Nn2c(C(C)(C)C)nc3ccc(Br)cc3c2=O)cc(I)c1OCc1ccccc1. The average Bonchev–Trinajstić information content (AvgIpc) is 2.83. The van der Waals surface area contributed by atoms with Crippen LogP contribution < -0.4 is 15.0 Å². The highest BCUT2D eigenvalue weighted by atomic mass is 127. The van der Waals surface area contributed by atoms with Crippen LogP contribution in [0.15, 0.2) is 75.0 Å². The maximum Gasteiger partial charge on any atom is 0.282 e. The molecule has 4 aromatic rings. The van der Waals surface area contributed by atoms with Crippen LogP contribution in [0.2, 0.25) is 0 Å². The van der Waals surface area contributed by atoms with Crippen molar-refractivity contribution in [2.24, 2.45) is 5.10 Å². The number of halogens is 2. The topological polar surface area (TPSA) is 65.7 Å². The third-order valence-corrected chi connectivity index (χ3v) is 6.65. The van der Waals surface area contributed by atoms with Crippen LogP contribution in [-0.2, 0) is 12.0 Å². The van der Waals surface area contributed by atoms with E-state index in [1.807, 2.05) is 82.3 Å². The Balaban J connectivity index is 1.74. The van der Waals surface area contributed by atoms with E-state index in [1.54, 1.807) is 12.3 Å². The van der Waals surface area contributed by atoms with Crippen molar-refractivity contribution in [2.45, 2.75) is 39.7 Å². The molecule has 1 aromatic heterocycles. The van der Waals surface area contributed by atoms with Crippen molar-refractivity contribution in [3.63, 3.8) is 0 Å². The summed E-state index contributed by atoms with van der Waals surface area (Å²) in [4.78, 5) is 18.2. The van der Waals surface area contributed by atoms with Gasteiger partial charge in [-0.05, 0) is 71.0 Å². The van der Waals surface area contributed by atoms with E-state index in [4.69, 9.17) is 14.5 Å². The van der Waals surface area contributed by atoms with Crippen LogP contribution in [0, 0.1) is 3.57 Å². The van der Waals surface area contributed by atoms with E-state index >= 15 is 0 Å². The van der Waals surface area contributed by atoms with E-state index in [2.05, 4.69) is 43.6 Å². The van der Waals surface area contributed by atoms with Crippen molar-refractivity contribution in [1.29, 1.82) is 0 Å². The van der Waals surface area contributed by atoms with Crippen LogP contribution in [0.1, 0.15) is 44.6 Å². The molecule has 0 saturated heterocycles. The largest absolute Gasteiger partial charge is 0.490 e. The Morgan fingerprint density at radius 1 is 1.08 bits per heavy atom. The molecule has 36 heavy (non-hydrogen) atoms. The lowest BCUT2D eigenvalue weighted by Gasteiger charge is -2.21. The van der Waals surface area contributed by atoms with Crippen LogP contribution >= 0.6 is 38.5 Å². The molecule has 0 bridgehead atoms. The summed E-state index contributed by atoms with van der Waals surface area (Å²) in [6, 6.07) is 19.3. The van der Waals surface area contributed by atoms with Crippen LogP contribution in [0.3, 0.4) is 0 Å². The minimum Gasteiger partial charge on any atom is -0.490 e. The van der Waals surface area contributed by atoms with E-state index in [0.29, 0.717) is 41.4 Å². The number of nitrogens with zero attached hydrogens (tertiary/aromatic N) is 3. The van der Waals surface area contributed by atoms with Crippen molar-refractivity contribution >= 4 is 55.6 Å². The summed E-state index contributed by atoms with van der Waals surface area (Å²) in [5, 5.41) is 5.09. The van der Waals surface area contributed by atoms with Crippen molar-refractivity contribution in [3.05, 3.63) is 96.0 Å². The molecule has 186 valence electrons. The summed E-state index contributed by atoms with van der Waals surface area (Å²) in [7, 11) is 0. The summed E-state index contributed by atoms with van der Waals surface area (Å²) in [6.45, 7) is 8.91. The zero-order chi connectivity index (χ0) is 25.9. The highest BCUT2D eigenvalue weighted by Crippen LogP contribution is 2.34.